The fraction of sp³-hybridized carbons (Fsp3) is 0. The molecule has 4 aromatic rings. The molecule has 4 aromatic carbocycles. The number of anilines is 3. The number of nitrogens with zero attached hydrogens (tertiary/aromatic N) is 1. The fourth-order valence-electron chi connectivity index (χ4n) is 3.93. The third-order valence-electron chi connectivity index (χ3n) is 5.56. The van der Waals surface area contributed by atoms with Gasteiger partial charge < -0.3 is 10.6 Å². The van der Waals surface area contributed by atoms with Gasteiger partial charge in [0.15, 0.2) is 0 Å². The molecule has 0 saturated heterocycles. The number of halogens is 3. The van der Waals surface area contributed by atoms with Crippen molar-refractivity contribution in [1.82, 2.24) is 0 Å². The van der Waals surface area contributed by atoms with Gasteiger partial charge >= 0.3 is 0 Å². The zero-order valence-corrected chi connectivity index (χ0v) is 20.7. The molecule has 3 amide bonds. The smallest absolute Gasteiger partial charge is 0.283 e. The topological polar surface area (TPSA) is 78.5 Å². The molecule has 0 spiro atoms. The lowest BCUT2D eigenvalue weighted by atomic mass is 10.1. The van der Waals surface area contributed by atoms with Crippen molar-refractivity contribution in [1.29, 1.82) is 0 Å². The quantitative estimate of drug-likeness (QED) is 0.274. The van der Waals surface area contributed by atoms with E-state index in [1.54, 1.807) is 24.3 Å². The van der Waals surface area contributed by atoms with E-state index in [1.165, 1.54) is 18.2 Å². The summed E-state index contributed by atoms with van der Waals surface area (Å²) in [6.45, 7) is 0. The summed E-state index contributed by atoms with van der Waals surface area (Å²) in [5, 5.41) is 7.96. The van der Waals surface area contributed by atoms with Gasteiger partial charge in [0.2, 0.25) is 0 Å². The third kappa shape index (κ3) is 4.54. The predicted molar refractivity (Wildman–Crippen MR) is 144 cm³/mol. The Kier molecular flexibility index (Phi) is 6.41. The van der Waals surface area contributed by atoms with Crippen molar-refractivity contribution < 1.29 is 14.4 Å². The van der Waals surface area contributed by atoms with E-state index in [0.29, 0.717) is 16.9 Å². The van der Waals surface area contributed by atoms with Crippen LogP contribution in [0.3, 0.4) is 0 Å². The van der Waals surface area contributed by atoms with Gasteiger partial charge in [-0.25, -0.2) is 4.90 Å². The molecule has 0 unspecified atom stereocenters. The van der Waals surface area contributed by atoms with Gasteiger partial charge in [0.25, 0.3) is 17.7 Å². The molecule has 2 N–H and O–H groups in total. The Balaban J connectivity index is 1.38. The Morgan fingerprint density at radius 1 is 0.750 bits per heavy atom. The highest BCUT2D eigenvalue weighted by Gasteiger charge is 2.39. The summed E-state index contributed by atoms with van der Waals surface area (Å²) in [4.78, 5) is 39.7. The molecule has 1 aliphatic heterocycles. The van der Waals surface area contributed by atoms with Gasteiger partial charge in [-0.3, -0.25) is 14.4 Å². The Hall–Kier alpha value is -3.84. The maximum absolute atomic E-state index is 13.1. The van der Waals surface area contributed by atoms with Crippen molar-refractivity contribution in [2.24, 2.45) is 0 Å². The van der Waals surface area contributed by atoms with E-state index in [2.05, 4.69) is 10.6 Å². The SMILES string of the molecule is O=C(Nc1cccc2ccccc12)c1cccc(NC2=C(Cl)C(=O)N(c3cc(Cl)cc(Cl)c3)C2=O)c1. The molecule has 0 atom stereocenters. The van der Waals surface area contributed by atoms with Crippen LogP contribution in [0.2, 0.25) is 10.0 Å². The molecule has 1 heterocycles. The van der Waals surface area contributed by atoms with E-state index in [9.17, 15) is 14.4 Å². The summed E-state index contributed by atoms with van der Waals surface area (Å²) in [7, 11) is 0. The van der Waals surface area contributed by atoms with Gasteiger partial charge in [0.1, 0.15) is 10.7 Å². The first-order chi connectivity index (χ1) is 17.3. The lowest BCUT2D eigenvalue weighted by Gasteiger charge is -2.16. The van der Waals surface area contributed by atoms with Crippen LogP contribution in [0.25, 0.3) is 10.8 Å². The molecule has 178 valence electrons. The van der Waals surface area contributed by atoms with Crippen molar-refractivity contribution in [3.63, 3.8) is 0 Å². The lowest BCUT2D eigenvalue weighted by Crippen LogP contribution is -2.32. The van der Waals surface area contributed by atoms with Crippen LogP contribution in [0.4, 0.5) is 17.1 Å². The Bertz CT molecular complexity index is 1570. The molecule has 1 aliphatic rings. The van der Waals surface area contributed by atoms with Crippen LogP contribution in [0.15, 0.2) is 95.7 Å². The van der Waals surface area contributed by atoms with E-state index in [0.717, 1.165) is 15.7 Å². The Labute approximate surface area is 221 Å². The van der Waals surface area contributed by atoms with Crippen LogP contribution in [-0.4, -0.2) is 17.7 Å². The van der Waals surface area contributed by atoms with Crippen LogP contribution < -0.4 is 15.5 Å². The van der Waals surface area contributed by atoms with Gasteiger partial charge in [0, 0.05) is 32.4 Å². The van der Waals surface area contributed by atoms with Crippen molar-refractivity contribution in [3.8, 4) is 0 Å². The number of fused-ring (bicyclic) bond motifs is 1. The van der Waals surface area contributed by atoms with Gasteiger partial charge in [-0.15, -0.1) is 0 Å². The Morgan fingerprint density at radius 3 is 2.22 bits per heavy atom. The number of rotatable bonds is 5. The molecule has 36 heavy (non-hydrogen) atoms. The maximum Gasteiger partial charge on any atom is 0.283 e. The average Bonchev–Trinajstić information content (AvgIpc) is 3.07. The Morgan fingerprint density at radius 2 is 1.44 bits per heavy atom. The summed E-state index contributed by atoms with van der Waals surface area (Å²) < 4.78 is 0. The van der Waals surface area contributed by atoms with Crippen LogP contribution in [0, 0.1) is 0 Å². The lowest BCUT2D eigenvalue weighted by molar-refractivity contribution is -0.120. The van der Waals surface area contributed by atoms with Crippen molar-refractivity contribution in [2.75, 3.05) is 15.5 Å². The molecule has 0 aromatic heterocycles. The van der Waals surface area contributed by atoms with Gasteiger partial charge in [0.05, 0.1) is 5.69 Å². The number of benzene rings is 4. The largest absolute Gasteiger partial charge is 0.350 e. The molecule has 0 fully saturated rings. The number of carbonyl (C=O) groups excluding carboxylic acids is 3. The zero-order valence-electron chi connectivity index (χ0n) is 18.4. The number of hydrogen-bond acceptors (Lipinski definition) is 4. The second-order valence-corrected chi connectivity index (χ2v) is 9.20. The number of nitrogens with one attached hydrogen (secondary N) is 2. The minimum absolute atomic E-state index is 0.121. The summed E-state index contributed by atoms with van der Waals surface area (Å²) in [5.41, 5.74) is 1.50. The number of imide groups is 1. The van der Waals surface area contributed by atoms with Crippen LogP contribution in [0.5, 0.6) is 0 Å². The minimum atomic E-state index is -0.715. The molecule has 9 heteroatoms. The average molecular weight is 537 g/mol. The first kappa shape index (κ1) is 23.9. The highest BCUT2D eigenvalue weighted by Crippen LogP contribution is 2.33. The van der Waals surface area contributed by atoms with Crippen molar-refractivity contribution in [3.05, 3.63) is 111 Å². The highest BCUT2D eigenvalue weighted by molar-refractivity contribution is 6.53. The normalized spacial score (nSPS) is 13.5. The highest BCUT2D eigenvalue weighted by atomic mass is 35.5. The van der Waals surface area contributed by atoms with Gasteiger partial charge in [-0.2, -0.15) is 0 Å². The van der Waals surface area contributed by atoms with E-state index >= 15 is 0 Å². The molecule has 0 aliphatic carbocycles. The standard InChI is InChI=1S/C27H16Cl3N3O3/c28-17-12-18(29)14-20(13-17)33-26(35)23(30)24(27(33)36)31-19-8-3-7-16(11-19)25(34)32-22-10-4-6-15-5-1-2-9-21(15)22/h1-14,31H,(H,32,34). The summed E-state index contributed by atoms with van der Waals surface area (Å²) in [5.74, 6) is -1.72. The number of hydrogen-bond donors (Lipinski definition) is 2. The van der Waals surface area contributed by atoms with E-state index < -0.39 is 11.8 Å². The van der Waals surface area contributed by atoms with Gasteiger partial charge in [-0.05, 0) is 47.9 Å². The molecule has 6 nitrogen and oxygen atoms in total. The van der Waals surface area contributed by atoms with Gasteiger partial charge in [-0.1, -0.05) is 77.3 Å². The first-order valence-corrected chi connectivity index (χ1v) is 11.9. The van der Waals surface area contributed by atoms with E-state index in [4.69, 9.17) is 34.8 Å². The monoisotopic (exact) mass is 535 g/mol. The molecule has 0 saturated carbocycles. The fourth-order valence-corrected chi connectivity index (χ4v) is 4.65. The molecular weight excluding hydrogens is 521 g/mol. The summed E-state index contributed by atoms with van der Waals surface area (Å²) in [6, 6.07) is 24.3. The minimum Gasteiger partial charge on any atom is -0.350 e. The third-order valence-corrected chi connectivity index (χ3v) is 6.35. The van der Waals surface area contributed by atoms with Crippen molar-refractivity contribution in [2.45, 2.75) is 0 Å². The maximum atomic E-state index is 13.1. The summed E-state index contributed by atoms with van der Waals surface area (Å²) in [6.07, 6.45) is 0. The predicted octanol–water partition coefficient (Wildman–Crippen LogP) is 6.83. The number of amides is 3. The molecule has 0 radical (unpaired) electrons. The molecule has 5 rings (SSSR count). The summed E-state index contributed by atoms with van der Waals surface area (Å²) >= 11 is 18.3. The molecular formula is C27H16Cl3N3O3. The van der Waals surface area contributed by atoms with Crippen LogP contribution >= 0.6 is 34.8 Å². The first-order valence-electron chi connectivity index (χ1n) is 10.7. The zero-order chi connectivity index (χ0) is 25.4. The van der Waals surface area contributed by atoms with Crippen LogP contribution in [0.1, 0.15) is 10.4 Å². The van der Waals surface area contributed by atoms with E-state index in [-0.39, 0.29) is 32.4 Å². The van der Waals surface area contributed by atoms with Crippen molar-refractivity contribution >= 4 is 80.4 Å². The second kappa shape index (κ2) is 9.66. The van der Waals surface area contributed by atoms with E-state index in [1.807, 2.05) is 42.5 Å². The molecule has 0 bridgehead atoms. The number of carbonyl (C=O) groups is 3. The second-order valence-electron chi connectivity index (χ2n) is 7.95. The van der Waals surface area contributed by atoms with Crippen LogP contribution in [-0.2, 0) is 9.59 Å².